The number of hydrogen-bond donors (Lipinski definition) is 2. The summed E-state index contributed by atoms with van der Waals surface area (Å²) in [6, 6.07) is 25.6. The highest BCUT2D eigenvalue weighted by molar-refractivity contribution is 5.94. The maximum absolute atomic E-state index is 11.5. The van der Waals surface area contributed by atoms with Crippen LogP contribution in [0.1, 0.15) is 34.7 Å². The number of carbonyl (C=O) groups excluding carboxylic acids is 1. The third kappa shape index (κ3) is 3.22. The summed E-state index contributed by atoms with van der Waals surface area (Å²) < 4.78 is 0. The van der Waals surface area contributed by atoms with Crippen molar-refractivity contribution in [2.45, 2.75) is 13.0 Å². The van der Waals surface area contributed by atoms with Crippen LogP contribution >= 0.6 is 0 Å². The van der Waals surface area contributed by atoms with Crippen molar-refractivity contribution in [3.8, 4) is 0 Å². The van der Waals surface area contributed by atoms with Gasteiger partial charge in [-0.3, -0.25) is 4.79 Å². The van der Waals surface area contributed by atoms with Crippen molar-refractivity contribution >= 4 is 22.5 Å². The highest BCUT2D eigenvalue weighted by Gasteiger charge is 2.18. The van der Waals surface area contributed by atoms with Crippen LogP contribution in [-0.4, -0.2) is 15.8 Å². The number of hydrogen-bond acceptors (Lipinski definition) is 3. The normalized spacial score (nSPS) is 12.0. The van der Waals surface area contributed by atoms with E-state index in [0.717, 1.165) is 28.1 Å². The molecular formula is C22H19N3O. The Kier molecular flexibility index (Phi) is 4.23. The molecule has 128 valence electrons. The number of Topliss-reactive ketones (excluding diaryl/α,β-unsaturated/α-hetero) is 1. The number of nitrogens with zero attached hydrogens (tertiary/aromatic N) is 1. The van der Waals surface area contributed by atoms with Gasteiger partial charge >= 0.3 is 0 Å². The van der Waals surface area contributed by atoms with Gasteiger partial charge in [0, 0.05) is 11.3 Å². The summed E-state index contributed by atoms with van der Waals surface area (Å²) in [5.74, 6) is 0.918. The summed E-state index contributed by atoms with van der Waals surface area (Å²) in [4.78, 5) is 19.7. The summed E-state index contributed by atoms with van der Waals surface area (Å²) in [7, 11) is 0. The van der Waals surface area contributed by atoms with E-state index in [2.05, 4.69) is 22.4 Å². The van der Waals surface area contributed by atoms with Crippen molar-refractivity contribution in [1.82, 2.24) is 9.97 Å². The van der Waals surface area contributed by atoms with Crippen LogP contribution in [0, 0.1) is 0 Å². The third-order valence-electron chi connectivity index (χ3n) is 4.42. The highest BCUT2D eigenvalue weighted by atomic mass is 16.1. The lowest BCUT2D eigenvalue weighted by Gasteiger charge is -2.18. The van der Waals surface area contributed by atoms with Crippen molar-refractivity contribution in [3.63, 3.8) is 0 Å². The number of ketones is 1. The first-order chi connectivity index (χ1) is 12.7. The zero-order chi connectivity index (χ0) is 17.9. The number of fused-ring (bicyclic) bond motifs is 1. The molecule has 1 aromatic heterocycles. The van der Waals surface area contributed by atoms with Crippen LogP contribution in [0.4, 0.5) is 5.69 Å². The minimum atomic E-state index is -0.119. The molecule has 4 nitrogen and oxygen atoms in total. The molecule has 0 bridgehead atoms. The molecule has 0 spiro atoms. The van der Waals surface area contributed by atoms with Gasteiger partial charge in [-0.15, -0.1) is 0 Å². The Morgan fingerprint density at radius 2 is 1.62 bits per heavy atom. The molecule has 2 N–H and O–H groups in total. The lowest BCUT2D eigenvalue weighted by molar-refractivity contribution is 0.101. The van der Waals surface area contributed by atoms with Gasteiger partial charge in [0.25, 0.3) is 0 Å². The first-order valence-corrected chi connectivity index (χ1v) is 8.58. The molecule has 4 rings (SSSR count). The number of carbonyl (C=O) groups is 1. The average Bonchev–Trinajstić information content (AvgIpc) is 3.11. The fraction of sp³-hybridized carbons (Fsp3) is 0.0909. The number of aromatic amines is 1. The summed E-state index contributed by atoms with van der Waals surface area (Å²) >= 11 is 0. The van der Waals surface area contributed by atoms with Gasteiger partial charge in [0.05, 0.1) is 11.0 Å². The number of aromatic nitrogens is 2. The van der Waals surface area contributed by atoms with Gasteiger partial charge in [0.2, 0.25) is 0 Å². The molecule has 0 aliphatic heterocycles. The van der Waals surface area contributed by atoms with E-state index in [0.29, 0.717) is 5.56 Å². The number of rotatable bonds is 5. The molecule has 1 heterocycles. The van der Waals surface area contributed by atoms with E-state index in [4.69, 9.17) is 4.98 Å². The molecule has 0 saturated heterocycles. The van der Waals surface area contributed by atoms with E-state index in [9.17, 15) is 4.79 Å². The van der Waals surface area contributed by atoms with Gasteiger partial charge in [-0.2, -0.15) is 0 Å². The number of nitrogens with one attached hydrogen (secondary N) is 2. The van der Waals surface area contributed by atoms with Gasteiger partial charge < -0.3 is 10.3 Å². The Balaban J connectivity index is 1.72. The fourth-order valence-electron chi connectivity index (χ4n) is 3.03. The zero-order valence-corrected chi connectivity index (χ0v) is 14.4. The number of imidazole rings is 1. The third-order valence-corrected chi connectivity index (χ3v) is 4.42. The molecule has 3 aromatic carbocycles. The molecule has 0 amide bonds. The predicted molar refractivity (Wildman–Crippen MR) is 104 cm³/mol. The minimum Gasteiger partial charge on any atom is -0.372 e. The first-order valence-electron chi connectivity index (χ1n) is 8.58. The second-order valence-corrected chi connectivity index (χ2v) is 6.26. The molecular weight excluding hydrogens is 322 g/mol. The second kappa shape index (κ2) is 6.84. The number of benzene rings is 3. The summed E-state index contributed by atoms with van der Waals surface area (Å²) in [5, 5.41) is 3.53. The SMILES string of the molecule is CC(=O)c1ccc(NC(c2ccccc2)c2nc3ccccc3[nH]2)cc1. The van der Waals surface area contributed by atoms with Gasteiger partial charge in [-0.1, -0.05) is 42.5 Å². The van der Waals surface area contributed by atoms with Crippen molar-refractivity contribution in [1.29, 1.82) is 0 Å². The van der Waals surface area contributed by atoms with Gasteiger partial charge in [0.15, 0.2) is 5.78 Å². The van der Waals surface area contributed by atoms with Crippen LogP contribution in [0.2, 0.25) is 0 Å². The van der Waals surface area contributed by atoms with E-state index in [1.807, 2.05) is 66.7 Å². The average molecular weight is 341 g/mol. The first kappa shape index (κ1) is 16.1. The van der Waals surface area contributed by atoms with E-state index >= 15 is 0 Å². The van der Waals surface area contributed by atoms with Crippen LogP contribution in [0.25, 0.3) is 11.0 Å². The van der Waals surface area contributed by atoms with Gasteiger partial charge in [-0.05, 0) is 48.9 Å². The zero-order valence-electron chi connectivity index (χ0n) is 14.4. The van der Waals surface area contributed by atoms with Crippen molar-refractivity contribution in [2.24, 2.45) is 0 Å². The maximum Gasteiger partial charge on any atom is 0.159 e. The molecule has 0 aliphatic carbocycles. The van der Waals surface area contributed by atoms with E-state index in [1.54, 1.807) is 6.92 Å². The fourth-order valence-corrected chi connectivity index (χ4v) is 3.03. The number of para-hydroxylation sites is 2. The van der Waals surface area contributed by atoms with Crippen LogP contribution in [-0.2, 0) is 0 Å². The Morgan fingerprint density at radius 1 is 0.923 bits per heavy atom. The smallest absolute Gasteiger partial charge is 0.159 e. The van der Waals surface area contributed by atoms with Crippen molar-refractivity contribution < 1.29 is 4.79 Å². The number of anilines is 1. The predicted octanol–water partition coefficient (Wildman–Crippen LogP) is 4.97. The van der Waals surface area contributed by atoms with Crippen LogP contribution < -0.4 is 5.32 Å². The van der Waals surface area contributed by atoms with Crippen LogP contribution in [0.15, 0.2) is 78.9 Å². The topological polar surface area (TPSA) is 57.8 Å². The lowest BCUT2D eigenvalue weighted by Crippen LogP contribution is -2.14. The molecule has 4 aromatic rings. The van der Waals surface area contributed by atoms with Crippen molar-refractivity contribution in [3.05, 3.63) is 95.8 Å². The monoisotopic (exact) mass is 341 g/mol. The van der Waals surface area contributed by atoms with E-state index < -0.39 is 0 Å². The Labute approximate surface area is 151 Å². The standard InChI is InChI=1S/C22H19N3O/c1-15(26)16-11-13-18(14-12-16)23-21(17-7-3-2-4-8-17)22-24-19-9-5-6-10-20(19)25-22/h2-14,21,23H,1H3,(H,24,25). The molecule has 0 saturated carbocycles. The second-order valence-electron chi connectivity index (χ2n) is 6.26. The number of H-pyrrole nitrogens is 1. The van der Waals surface area contributed by atoms with Crippen molar-refractivity contribution in [2.75, 3.05) is 5.32 Å². The Morgan fingerprint density at radius 3 is 2.31 bits per heavy atom. The summed E-state index contributed by atoms with van der Waals surface area (Å²) in [6.07, 6.45) is 0. The maximum atomic E-state index is 11.5. The Hall–Kier alpha value is -3.40. The summed E-state index contributed by atoms with van der Waals surface area (Å²) in [6.45, 7) is 1.57. The molecule has 0 fully saturated rings. The molecule has 4 heteroatoms. The summed E-state index contributed by atoms with van der Waals surface area (Å²) in [5.41, 5.74) is 4.70. The molecule has 1 unspecified atom stereocenters. The minimum absolute atomic E-state index is 0.0634. The van der Waals surface area contributed by atoms with Gasteiger partial charge in [-0.25, -0.2) is 4.98 Å². The Bertz CT molecular complexity index is 1000. The molecule has 0 aliphatic rings. The van der Waals surface area contributed by atoms with Gasteiger partial charge in [0.1, 0.15) is 11.9 Å². The molecule has 26 heavy (non-hydrogen) atoms. The quantitative estimate of drug-likeness (QED) is 0.504. The molecule has 1 atom stereocenters. The lowest BCUT2D eigenvalue weighted by atomic mass is 10.1. The van der Waals surface area contributed by atoms with Crippen LogP contribution in [0.5, 0.6) is 0 Å². The largest absolute Gasteiger partial charge is 0.372 e. The van der Waals surface area contributed by atoms with Crippen LogP contribution in [0.3, 0.4) is 0 Å². The van der Waals surface area contributed by atoms with E-state index in [1.165, 1.54) is 0 Å². The highest BCUT2D eigenvalue weighted by Crippen LogP contribution is 2.26. The molecule has 0 radical (unpaired) electrons. The van der Waals surface area contributed by atoms with E-state index in [-0.39, 0.29) is 11.8 Å².